The van der Waals surface area contributed by atoms with Crippen LogP contribution in [-0.2, 0) is 4.79 Å². The minimum atomic E-state index is 0.331. The number of carbonyl (C=O) groups is 1. The molecule has 0 aromatic heterocycles. The summed E-state index contributed by atoms with van der Waals surface area (Å²) in [6.07, 6.45) is 4.30. The van der Waals surface area contributed by atoms with E-state index in [1.54, 1.807) is 0 Å². The van der Waals surface area contributed by atoms with Crippen LogP contribution >= 0.6 is 0 Å². The van der Waals surface area contributed by atoms with Crippen LogP contribution in [0, 0.1) is 11.8 Å². The van der Waals surface area contributed by atoms with Gasteiger partial charge in [0, 0.05) is 12.3 Å². The molecule has 0 aromatic rings. The summed E-state index contributed by atoms with van der Waals surface area (Å²) in [6, 6.07) is 0. The van der Waals surface area contributed by atoms with Crippen LogP contribution in [0.4, 0.5) is 0 Å². The molecule has 0 heterocycles. The maximum Gasteiger partial charge on any atom is 0.135 e. The van der Waals surface area contributed by atoms with Crippen molar-refractivity contribution in [1.82, 2.24) is 0 Å². The lowest BCUT2D eigenvalue weighted by Gasteiger charge is -2.09. The van der Waals surface area contributed by atoms with Crippen molar-refractivity contribution in [3.8, 4) is 0 Å². The highest BCUT2D eigenvalue weighted by Crippen LogP contribution is 2.24. The Morgan fingerprint density at radius 1 is 1.40 bits per heavy atom. The van der Waals surface area contributed by atoms with Gasteiger partial charge in [-0.2, -0.15) is 0 Å². The van der Waals surface area contributed by atoms with E-state index in [0.29, 0.717) is 11.7 Å². The molecule has 1 rings (SSSR count). The van der Waals surface area contributed by atoms with E-state index in [2.05, 4.69) is 13.8 Å². The first kappa shape index (κ1) is 7.77. The lowest BCUT2D eigenvalue weighted by atomic mass is 9.96. The Hall–Kier alpha value is -0.330. The van der Waals surface area contributed by atoms with E-state index in [-0.39, 0.29) is 0 Å². The molecule has 0 amide bonds. The first-order valence-corrected chi connectivity index (χ1v) is 4.23. The molecule has 10 heavy (non-hydrogen) atoms. The van der Waals surface area contributed by atoms with Crippen molar-refractivity contribution in [2.75, 3.05) is 0 Å². The average molecular weight is 140 g/mol. The Balaban J connectivity index is 2.49. The molecule has 1 saturated carbocycles. The molecule has 0 saturated heterocycles. The number of carbonyl (C=O) groups excluding carboxylic acids is 1. The van der Waals surface area contributed by atoms with Gasteiger partial charge in [-0.1, -0.05) is 20.3 Å². The van der Waals surface area contributed by atoms with Crippen molar-refractivity contribution < 1.29 is 4.79 Å². The predicted molar refractivity (Wildman–Crippen MR) is 41.8 cm³/mol. The van der Waals surface area contributed by atoms with Crippen LogP contribution in [0.5, 0.6) is 0 Å². The van der Waals surface area contributed by atoms with Crippen molar-refractivity contribution in [2.45, 2.75) is 39.5 Å². The second-order valence-electron chi connectivity index (χ2n) is 3.60. The standard InChI is InChI=1S/C9H16O/c1-7-4-3-5-9(10)8(2)6-7/h7-8H,3-6H2,1-2H3. The van der Waals surface area contributed by atoms with E-state index in [9.17, 15) is 4.79 Å². The van der Waals surface area contributed by atoms with E-state index >= 15 is 0 Å². The first-order chi connectivity index (χ1) is 4.70. The van der Waals surface area contributed by atoms with E-state index in [0.717, 1.165) is 25.2 Å². The van der Waals surface area contributed by atoms with E-state index in [1.807, 2.05) is 0 Å². The van der Waals surface area contributed by atoms with Crippen LogP contribution in [0.3, 0.4) is 0 Å². The molecule has 0 aliphatic heterocycles. The number of rotatable bonds is 0. The van der Waals surface area contributed by atoms with Gasteiger partial charge in [0.25, 0.3) is 0 Å². The second kappa shape index (κ2) is 3.18. The normalized spacial score (nSPS) is 35.6. The fourth-order valence-corrected chi connectivity index (χ4v) is 1.72. The molecule has 1 aliphatic carbocycles. The van der Waals surface area contributed by atoms with Crippen LogP contribution in [-0.4, -0.2) is 5.78 Å². The maximum absolute atomic E-state index is 11.2. The van der Waals surface area contributed by atoms with Gasteiger partial charge < -0.3 is 0 Å². The zero-order valence-electron chi connectivity index (χ0n) is 6.89. The average Bonchev–Trinajstić information content (AvgIpc) is 1.96. The molecule has 0 bridgehead atoms. The predicted octanol–water partition coefficient (Wildman–Crippen LogP) is 2.40. The number of ketones is 1. The molecule has 0 aromatic carbocycles. The smallest absolute Gasteiger partial charge is 0.135 e. The third-order valence-electron chi connectivity index (χ3n) is 2.43. The Morgan fingerprint density at radius 3 is 2.80 bits per heavy atom. The van der Waals surface area contributed by atoms with E-state index in [1.165, 1.54) is 6.42 Å². The van der Waals surface area contributed by atoms with Crippen LogP contribution in [0.1, 0.15) is 39.5 Å². The fraction of sp³-hybridized carbons (Fsp3) is 0.889. The molecule has 0 spiro atoms. The van der Waals surface area contributed by atoms with E-state index in [4.69, 9.17) is 0 Å². The quantitative estimate of drug-likeness (QED) is 0.472. The number of Topliss-reactive ketones (excluding diaryl/α,β-unsaturated/α-hetero) is 1. The number of hydrogen-bond acceptors (Lipinski definition) is 1. The van der Waals surface area contributed by atoms with Gasteiger partial charge in [0.1, 0.15) is 5.78 Å². The van der Waals surface area contributed by atoms with Gasteiger partial charge in [-0.15, -0.1) is 0 Å². The van der Waals surface area contributed by atoms with Gasteiger partial charge in [0.05, 0.1) is 0 Å². The molecule has 1 aliphatic rings. The molecule has 0 radical (unpaired) electrons. The summed E-state index contributed by atoms with van der Waals surface area (Å²) in [4.78, 5) is 11.2. The van der Waals surface area contributed by atoms with Crippen LogP contribution < -0.4 is 0 Å². The second-order valence-corrected chi connectivity index (χ2v) is 3.60. The van der Waals surface area contributed by atoms with Gasteiger partial charge in [0.15, 0.2) is 0 Å². The van der Waals surface area contributed by atoms with Crippen molar-refractivity contribution in [3.63, 3.8) is 0 Å². The van der Waals surface area contributed by atoms with Crippen LogP contribution in [0.2, 0.25) is 0 Å². The molecule has 2 atom stereocenters. The zero-order chi connectivity index (χ0) is 7.56. The summed E-state index contributed by atoms with van der Waals surface area (Å²) in [5.41, 5.74) is 0. The van der Waals surface area contributed by atoms with E-state index < -0.39 is 0 Å². The van der Waals surface area contributed by atoms with Gasteiger partial charge in [-0.05, 0) is 18.8 Å². The van der Waals surface area contributed by atoms with Crippen molar-refractivity contribution in [2.24, 2.45) is 11.8 Å². The molecule has 2 unspecified atom stereocenters. The third-order valence-corrected chi connectivity index (χ3v) is 2.43. The van der Waals surface area contributed by atoms with Gasteiger partial charge in [-0.3, -0.25) is 4.79 Å². The Kier molecular flexibility index (Phi) is 2.47. The van der Waals surface area contributed by atoms with Crippen molar-refractivity contribution in [1.29, 1.82) is 0 Å². The monoisotopic (exact) mass is 140 g/mol. The summed E-state index contributed by atoms with van der Waals surface area (Å²) in [6.45, 7) is 4.30. The molecule has 58 valence electrons. The van der Waals surface area contributed by atoms with Gasteiger partial charge >= 0.3 is 0 Å². The van der Waals surface area contributed by atoms with Gasteiger partial charge in [-0.25, -0.2) is 0 Å². The third kappa shape index (κ3) is 1.83. The minimum Gasteiger partial charge on any atom is -0.299 e. The summed E-state index contributed by atoms with van der Waals surface area (Å²) in [7, 11) is 0. The first-order valence-electron chi connectivity index (χ1n) is 4.23. The SMILES string of the molecule is CC1CCCC(=O)C(C)C1. The molecule has 1 heteroatoms. The van der Waals surface area contributed by atoms with Gasteiger partial charge in [0.2, 0.25) is 0 Å². The van der Waals surface area contributed by atoms with Crippen LogP contribution in [0.25, 0.3) is 0 Å². The highest BCUT2D eigenvalue weighted by molar-refractivity contribution is 5.80. The zero-order valence-corrected chi connectivity index (χ0v) is 6.89. The lowest BCUT2D eigenvalue weighted by molar-refractivity contribution is -0.122. The largest absolute Gasteiger partial charge is 0.299 e. The molecular formula is C9H16O. The lowest BCUT2D eigenvalue weighted by Crippen LogP contribution is -2.09. The summed E-state index contributed by atoms with van der Waals surface area (Å²) in [5, 5.41) is 0. The Labute approximate surface area is 62.8 Å². The fourth-order valence-electron chi connectivity index (χ4n) is 1.72. The highest BCUT2D eigenvalue weighted by Gasteiger charge is 2.19. The van der Waals surface area contributed by atoms with Crippen molar-refractivity contribution >= 4 is 5.78 Å². The topological polar surface area (TPSA) is 17.1 Å². The minimum absolute atomic E-state index is 0.331. The van der Waals surface area contributed by atoms with Crippen LogP contribution in [0.15, 0.2) is 0 Å². The molecular weight excluding hydrogens is 124 g/mol. The summed E-state index contributed by atoms with van der Waals surface area (Å²) in [5.74, 6) is 1.57. The highest BCUT2D eigenvalue weighted by atomic mass is 16.1. The molecule has 1 nitrogen and oxygen atoms in total. The summed E-state index contributed by atoms with van der Waals surface area (Å²) >= 11 is 0. The Morgan fingerprint density at radius 2 is 2.10 bits per heavy atom. The maximum atomic E-state index is 11.2. The molecule has 1 fully saturated rings. The number of hydrogen-bond donors (Lipinski definition) is 0. The molecule has 0 N–H and O–H groups in total. The van der Waals surface area contributed by atoms with Crippen molar-refractivity contribution in [3.05, 3.63) is 0 Å². The Bertz CT molecular complexity index is 129. The summed E-state index contributed by atoms with van der Waals surface area (Å²) < 4.78 is 0.